The lowest BCUT2D eigenvalue weighted by Crippen LogP contribution is -2.50. The number of methoxy groups -OCH3 is 2. The molecule has 1 aromatic rings. The maximum Gasteiger partial charge on any atom is 0.408 e. The van der Waals surface area contributed by atoms with E-state index < -0.39 is 109 Å². The van der Waals surface area contributed by atoms with E-state index in [9.17, 15) is 38.3 Å². The standard InChI is InChI=1S/C26H38FN3O13/c1-14(2)20(28-23(35)43-25(3,4)5)22(34)41-13-30-21(33)15(27)9-29(24(30)36)18-8-26(37,16(31)10-38-6)17(42-18)11-40-19(32)12-39-7/h9,14,17-18,20,37H,8,10-13H2,1-7H3,(H,28,35)/t17-,18-,20+,26-/m1/s1. The largest absolute Gasteiger partial charge is 0.461 e. The van der Waals surface area contributed by atoms with Crippen LogP contribution in [0.1, 0.15) is 47.3 Å². The molecule has 0 aliphatic carbocycles. The molecule has 0 aromatic carbocycles. The van der Waals surface area contributed by atoms with E-state index in [2.05, 4.69) is 10.1 Å². The molecule has 1 fully saturated rings. The molecule has 1 aliphatic heterocycles. The van der Waals surface area contributed by atoms with E-state index in [-0.39, 0.29) is 4.57 Å². The highest BCUT2D eigenvalue weighted by Crippen LogP contribution is 2.37. The molecule has 0 radical (unpaired) electrons. The van der Waals surface area contributed by atoms with Crippen molar-refractivity contribution in [1.29, 1.82) is 0 Å². The molecule has 17 heteroatoms. The van der Waals surface area contributed by atoms with Gasteiger partial charge in [0.2, 0.25) is 5.82 Å². The average molecular weight is 620 g/mol. The monoisotopic (exact) mass is 619 g/mol. The third-order valence-corrected chi connectivity index (χ3v) is 6.15. The SMILES string of the molecule is COCC(=O)OC[C@H]1O[C@@H](n2cc(F)c(=O)n(COC(=O)[C@@H](NC(=O)OC(C)(C)C)C(C)C)c2=O)C[C@@]1(O)C(=O)COC. The second-order valence-corrected chi connectivity index (χ2v) is 11.0. The molecular formula is C26H38FN3O13. The van der Waals surface area contributed by atoms with Crippen LogP contribution in [0.2, 0.25) is 0 Å². The van der Waals surface area contributed by atoms with Gasteiger partial charge in [0, 0.05) is 20.6 Å². The van der Waals surface area contributed by atoms with Gasteiger partial charge in [0.1, 0.15) is 43.8 Å². The molecule has 1 aliphatic rings. The predicted octanol–water partition coefficient (Wildman–Crippen LogP) is -0.377. The zero-order valence-corrected chi connectivity index (χ0v) is 25.0. The van der Waals surface area contributed by atoms with E-state index in [1.807, 2.05) is 0 Å². The van der Waals surface area contributed by atoms with E-state index in [0.29, 0.717) is 10.8 Å². The molecule has 2 rings (SSSR count). The number of carbonyl (C=O) groups excluding carboxylic acids is 4. The maximum absolute atomic E-state index is 14.7. The normalized spacial score (nSPS) is 20.9. The number of amides is 1. The molecule has 1 saturated heterocycles. The molecule has 0 unspecified atom stereocenters. The number of esters is 2. The molecular weight excluding hydrogens is 581 g/mol. The minimum Gasteiger partial charge on any atom is -0.461 e. The Bertz CT molecular complexity index is 1300. The molecule has 43 heavy (non-hydrogen) atoms. The van der Waals surface area contributed by atoms with Gasteiger partial charge in [0.25, 0.3) is 5.56 Å². The van der Waals surface area contributed by atoms with Gasteiger partial charge in [0.05, 0.1) is 6.20 Å². The Kier molecular flexibility index (Phi) is 12.1. The van der Waals surface area contributed by atoms with Crippen molar-refractivity contribution in [2.45, 2.75) is 77.3 Å². The van der Waals surface area contributed by atoms with Crippen molar-refractivity contribution >= 4 is 23.8 Å². The van der Waals surface area contributed by atoms with Crippen molar-refractivity contribution in [3.8, 4) is 0 Å². The number of halogens is 1. The number of rotatable bonds is 13. The van der Waals surface area contributed by atoms with Crippen LogP contribution in [0.5, 0.6) is 0 Å². The van der Waals surface area contributed by atoms with Crippen LogP contribution in [-0.2, 0) is 49.5 Å². The Labute approximate surface area is 245 Å². The average Bonchev–Trinajstić information content (AvgIpc) is 3.24. The van der Waals surface area contributed by atoms with Crippen molar-refractivity contribution in [2.75, 3.05) is 34.0 Å². The van der Waals surface area contributed by atoms with E-state index >= 15 is 0 Å². The fourth-order valence-electron chi connectivity index (χ4n) is 4.02. The zero-order chi connectivity index (χ0) is 32.7. The molecule has 2 heterocycles. The molecule has 1 amide bonds. The number of hydrogen-bond donors (Lipinski definition) is 2. The number of ketones is 1. The summed E-state index contributed by atoms with van der Waals surface area (Å²) in [6.07, 6.45) is -4.06. The van der Waals surface area contributed by atoms with Gasteiger partial charge in [0.15, 0.2) is 18.1 Å². The molecule has 1 aromatic heterocycles. The first-order chi connectivity index (χ1) is 19.9. The molecule has 0 spiro atoms. The second-order valence-electron chi connectivity index (χ2n) is 11.0. The van der Waals surface area contributed by atoms with Crippen LogP contribution in [0.3, 0.4) is 0 Å². The lowest BCUT2D eigenvalue weighted by Gasteiger charge is -2.25. The summed E-state index contributed by atoms with van der Waals surface area (Å²) in [4.78, 5) is 75.2. The van der Waals surface area contributed by atoms with Gasteiger partial charge in [-0.15, -0.1) is 0 Å². The summed E-state index contributed by atoms with van der Waals surface area (Å²) < 4.78 is 45.9. The third-order valence-electron chi connectivity index (χ3n) is 6.15. The Hall–Kier alpha value is -3.67. The summed E-state index contributed by atoms with van der Waals surface area (Å²) >= 11 is 0. The highest BCUT2D eigenvalue weighted by Gasteiger charge is 2.54. The zero-order valence-electron chi connectivity index (χ0n) is 25.0. The second kappa shape index (κ2) is 14.7. The van der Waals surface area contributed by atoms with Gasteiger partial charge in [-0.3, -0.25) is 14.2 Å². The highest BCUT2D eigenvalue weighted by molar-refractivity contribution is 5.89. The van der Waals surface area contributed by atoms with E-state index in [1.54, 1.807) is 34.6 Å². The van der Waals surface area contributed by atoms with Crippen LogP contribution >= 0.6 is 0 Å². The van der Waals surface area contributed by atoms with Gasteiger partial charge in [-0.2, -0.15) is 4.39 Å². The number of hydrogen-bond acceptors (Lipinski definition) is 13. The Morgan fingerprint density at radius 3 is 2.33 bits per heavy atom. The summed E-state index contributed by atoms with van der Waals surface area (Å²) in [7, 11) is 2.45. The first-order valence-electron chi connectivity index (χ1n) is 13.2. The molecule has 0 bridgehead atoms. The van der Waals surface area contributed by atoms with Crippen molar-refractivity contribution in [2.24, 2.45) is 5.92 Å². The smallest absolute Gasteiger partial charge is 0.408 e. The van der Waals surface area contributed by atoms with Crippen molar-refractivity contribution in [3.63, 3.8) is 0 Å². The van der Waals surface area contributed by atoms with Crippen LogP contribution in [0.4, 0.5) is 9.18 Å². The van der Waals surface area contributed by atoms with Gasteiger partial charge >= 0.3 is 23.7 Å². The first kappa shape index (κ1) is 35.5. The number of aromatic nitrogens is 2. The van der Waals surface area contributed by atoms with Gasteiger partial charge in [-0.25, -0.2) is 23.7 Å². The molecule has 16 nitrogen and oxygen atoms in total. The van der Waals surface area contributed by atoms with Crippen LogP contribution in [0.15, 0.2) is 15.8 Å². The number of Topliss-reactive ketones (excluding diaryl/α,β-unsaturated/α-hetero) is 1. The van der Waals surface area contributed by atoms with Crippen molar-refractivity contribution in [3.05, 3.63) is 32.9 Å². The van der Waals surface area contributed by atoms with Gasteiger partial charge in [-0.05, 0) is 26.7 Å². The lowest BCUT2D eigenvalue weighted by molar-refractivity contribution is -0.164. The van der Waals surface area contributed by atoms with E-state index in [4.69, 9.17) is 23.7 Å². The quantitative estimate of drug-likeness (QED) is 0.214. The van der Waals surface area contributed by atoms with Gasteiger partial charge < -0.3 is 38.8 Å². The minimum absolute atomic E-state index is 0.253. The number of alkyl carbamates (subject to hydrolysis) is 1. The van der Waals surface area contributed by atoms with Crippen LogP contribution in [0, 0.1) is 11.7 Å². The van der Waals surface area contributed by atoms with Crippen LogP contribution < -0.4 is 16.6 Å². The summed E-state index contributed by atoms with van der Waals surface area (Å²) in [5.74, 6) is -4.72. The van der Waals surface area contributed by atoms with E-state index in [1.165, 1.54) is 14.2 Å². The predicted molar refractivity (Wildman–Crippen MR) is 142 cm³/mol. The third kappa shape index (κ3) is 9.16. The highest BCUT2D eigenvalue weighted by atomic mass is 19.1. The number of aliphatic hydroxyl groups is 1. The van der Waals surface area contributed by atoms with Crippen molar-refractivity contribution in [1.82, 2.24) is 14.5 Å². The lowest BCUT2D eigenvalue weighted by atomic mass is 9.90. The number of ether oxygens (including phenoxy) is 6. The van der Waals surface area contributed by atoms with Gasteiger partial charge in [-0.1, -0.05) is 13.8 Å². The first-order valence-corrected chi connectivity index (χ1v) is 13.2. The summed E-state index contributed by atoms with van der Waals surface area (Å²) in [6.45, 7) is 5.36. The van der Waals surface area contributed by atoms with E-state index in [0.717, 1.165) is 0 Å². The Morgan fingerprint density at radius 2 is 1.77 bits per heavy atom. The Balaban J connectivity index is 2.33. The molecule has 2 N–H and O–H groups in total. The summed E-state index contributed by atoms with van der Waals surface area (Å²) in [5, 5.41) is 13.5. The number of carbonyl (C=O) groups is 4. The van der Waals surface area contributed by atoms with Crippen molar-refractivity contribution < 1.29 is 57.1 Å². The maximum atomic E-state index is 14.7. The number of nitrogens with one attached hydrogen (secondary N) is 1. The minimum atomic E-state index is -2.34. The molecule has 0 saturated carbocycles. The Morgan fingerprint density at radius 1 is 1.14 bits per heavy atom. The van der Waals surface area contributed by atoms with Crippen LogP contribution in [-0.4, -0.2) is 95.4 Å². The van der Waals surface area contributed by atoms with Crippen LogP contribution in [0.25, 0.3) is 0 Å². The summed E-state index contributed by atoms with van der Waals surface area (Å²) in [6, 6.07) is -1.25. The molecule has 242 valence electrons. The summed E-state index contributed by atoms with van der Waals surface area (Å²) in [5.41, 5.74) is -5.86. The molecule has 4 atom stereocenters. The number of nitrogens with zero attached hydrogens (tertiary/aromatic N) is 2. The topological polar surface area (TPSA) is 200 Å². The fourth-order valence-corrected chi connectivity index (χ4v) is 4.02. The fraction of sp³-hybridized carbons (Fsp3) is 0.692.